The second kappa shape index (κ2) is 5.13. The first-order chi connectivity index (χ1) is 8.61. The molecule has 1 aliphatic carbocycles. The first-order valence-corrected chi connectivity index (χ1v) is 6.21. The molecule has 0 heterocycles. The molecular formula is C16H17NO. The third-order valence-electron chi connectivity index (χ3n) is 3.11. The largest absolute Gasteiger partial charge is 0.300 e. The SMILES string of the molecule is CC/C=C\C(=N)c1ccc2c(c1)C(C)=CC(=O)C2. The van der Waals surface area contributed by atoms with E-state index in [1.807, 2.05) is 37.3 Å². The van der Waals surface area contributed by atoms with Crippen LogP contribution in [-0.2, 0) is 11.2 Å². The number of rotatable bonds is 3. The number of fused-ring (bicyclic) bond motifs is 1. The maximum absolute atomic E-state index is 11.5. The van der Waals surface area contributed by atoms with E-state index >= 15 is 0 Å². The van der Waals surface area contributed by atoms with E-state index in [9.17, 15) is 4.79 Å². The minimum atomic E-state index is 0.161. The van der Waals surface area contributed by atoms with E-state index in [1.165, 1.54) is 0 Å². The van der Waals surface area contributed by atoms with Gasteiger partial charge in [0.2, 0.25) is 0 Å². The zero-order valence-corrected chi connectivity index (χ0v) is 10.8. The van der Waals surface area contributed by atoms with Crippen molar-refractivity contribution in [2.45, 2.75) is 26.7 Å². The maximum Gasteiger partial charge on any atom is 0.160 e. The fourth-order valence-electron chi connectivity index (χ4n) is 2.16. The molecule has 18 heavy (non-hydrogen) atoms. The highest BCUT2D eigenvalue weighted by atomic mass is 16.1. The fraction of sp³-hybridized carbons (Fsp3) is 0.250. The van der Waals surface area contributed by atoms with Crippen molar-refractivity contribution in [2.24, 2.45) is 0 Å². The number of hydrogen-bond acceptors (Lipinski definition) is 2. The summed E-state index contributed by atoms with van der Waals surface area (Å²) in [7, 11) is 0. The lowest BCUT2D eigenvalue weighted by Gasteiger charge is -2.15. The Bertz CT molecular complexity index is 564. The van der Waals surface area contributed by atoms with Crippen molar-refractivity contribution < 1.29 is 4.79 Å². The van der Waals surface area contributed by atoms with Crippen LogP contribution in [0.25, 0.3) is 5.57 Å². The smallest absolute Gasteiger partial charge is 0.160 e. The quantitative estimate of drug-likeness (QED) is 0.805. The van der Waals surface area contributed by atoms with Gasteiger partial charge in [0.25, 0.3) is 0 Å². The number of nitrogens with one attached hydrogen (secondary N) is 1. The summed E-state index contributed by atoms with van der Waals surface area (Å²) in [6, 6.07) is 5.90. The molecule has 0 atom stereocenters. The van der Waals surface area contributed by atoms with Crippen LogP contribution in [0.3, 0.4) is 0 Å². The average molecular weight is 239 g/mol. The van der Waals surface area contributed by atoms with Gasteiger partial charge in [0.1, 0.15) is 0 Å². The zero-order chi connectivity index (χ0) is 13.1. The van der Waals surface area contributed by atoms with Gasteiger partial charge in [-0.25, -0.2) is 0 Å². The van der Waals surface area contributed by atoms with E-state index in [0.29, 0.717) is 12.1 Å². The Balaban J connectivity index is 2.38. The summed E-state index contributed by atoms with van der Waals surface area (Å²) in [6.45, 7) is 4.00. The van der Waals surface area contributed by atoms with Crippen LogP contribution < -0.4 is 0 Å². The number of hydrogen-bond donors (Lipinski definition) is 1. The minimum absolute atomic E-state index is 0.161. The fourth-order valence-corrected chi connectivity index (χ4v) is 2.16. The number of ketones is 1. The van der Waals surface area contributed by atoms with Crippen molar-refractivity contribution in [3.63, 3.8) is 0 Å². The van der Waals surface area contributed by atoms with Gasteiger partial charge >= 0.3 is 0 Å². The molecule has 0 radical (unpaired) electrons. The molecule has 0 saturated heterocycles. The van der Waals surface area contributed by atoms with Gasteiger partial charge in [0, 0.05) is 6.42 Å². The molecule has 2 heteroatoms. The minimum Gasteiger partial charge on any atom is -0.300 e. The van der Waals surface area contributed by atoms with Crippen LogP contribution in [0.5, 0.6) is 0 Å². The van der Waals surface area contributed by atoms with Crippen LogP contribution >= 0.6 is 0 Å². The van der Waals surface area contributed by atoms with Gasteiger partial charge in [0.15, 0.2) is 5.78 Å². The van der Waals surface area contributed by atoms with Crippen molar-refractivity contribution >= 4 is 17.1 Å². The van der Waals surface area contributed by atoms with Gasteiger partial charge < -0.3 is 5.41 Å². The number of carbonyl (C=O) groups excluding carboxylic acids is 1. The molecule has 92 valence electrons. The Morgan fingerprint density at radius 3 is 2.94 bits per heavy atom. The van der Waals surface area contributed by atoms with Gasteiger partial charge in [-0.1, -0.05) is 25.1 Å². The van der Waals surface area contributed by atoms with Crippen molar-refractivity contribution in [1.29, 1.82) is 5.41 Å². The molecule has 2 nitrogen and oxygen atoms in total. The molecule has 1 N–H and O–H groups in total. The van der Waals surface area contributed by atoms with E-state index < -0.39 is 0 Å². The number of carbonyl (C=O) groups is 1. The van der Waals surface area contributed by atoms with Gasteiger partial charge in [-0.05, 0) is 53.8 Å². The highest BCUT2D eigenvalue weighted by molar-refractivity contribution is 6.08. The lowest BCUT2D eigenvalue weighted by Crippen LogP contribution is -2.09. The normalized spacial score (nSPS) is 14.6. The standard InChI is InChI=1S/C16H17NO/c1-3-4-5-16(17)13-7-6-12-9-14(18)8-11(2)15(12)10-13/h4-8,10,17H,3,9H2,1-2H3/b5-4-,17-16?. The molecule has 0 fully saturated rings. The van der Waals surface area contributed by atoms with Gasteiger partial charge in [-0.3, -0.25) is 4.79 Å². The third-order valence-corrected chi connectivity index (χ3v) is 3.11. The predicted molar refractivity (Wildman–Crippen MR) is 75.1 cm³/mol. The highest BCUT2D eigenvalue weighted by Gasteiger charge is 2.15. The average Bonchev–Trinajstić information content (AvgIpc) is 2.35. The second-order valence-electron chi connectivity index (χ2n) is 4.57. The van der Waals surface area contributed by atoms with Crippen LogP contribution in [0.2, 0.25) is 0 Å². The van der Waals surface area contributed by atoms with E-state index in [2.05, 4.69) is 6.92 Å². The van der Waals surface area contributed by atoms with Crippen LogP contribution in [-0.4, -0.2) is 11.5 Å². The van der Waals surface area contributed by atoms with Crippen LogP contribution in [0.1, 0.15) is 37.0 Å². The molecular weight excluding hydrogens is 222 g/mol. The Morgan fingerprint density at radius 1 is 1.44 bits per heavy atom. The Labute approximate surface area is 108 Å². The van der Waals surface area contributed by atoms with Crippen molar-refractivity contribution in [3.05, 3.63) is 53.1 Å². The first-order valence-electron chi connectivity index (χ1n) is 6.21. The summed E-state index contributed by atoms with van der Waals surface area (Å²) in [5.74, 6) is 0.161. The summed E-state index contributed by atoms with van der Waals surface area (Å²) in [6.07, 6.45) is 6.91. The summed E-state index contributed by atoms with van der Waals surface area (Å²) < 4.78 is 0. The van der Waals surface area contributed by atoms with Crippen LogP contribution in [0.4, 0.5) is 0 Å². The van der Waals surface area contributed by atoms with Gasteiger partial charge in [-0.2, -0.15) is 0 Å². The molecule has 0 aliphatic heterocycles. The van der Waals surface area contributed by atoms with Crippen molar-refractivity contribution in [2.75, 3.05) is 0 Å². The summed E-state index contributed by atoms with van der Waals surface area (Å²) in [5, 5.41) is 7.98. The number of benzene rings is 1. The molecule has 1 aromatic carbocycles. The first kappa shape index (κ1) is 12.5. The monoisotopic (exact) mass is 239 g/mol. The van der Waals surface area contributed by atoms with E-state index in [-0.39, 0.29) is 5.78 Å². The molecule has 0 aromatic heterocycles. The van der Waals surface area contributed by atoms with Gasteiger partial charge in [-0.15, -0.1) is 0 Å². The second-order valence-corrected chi connectivity index (χ2v) is 4.57. The molecule has 0 amide bonds. The van der Waals surface area contributed by atoms with E-state index in [4.69, 9.17) is 5.41 Å². The molecule has 2 rings (SSSR count). The summed E-state index contributed by atoms with van der Waals surface area (Å²) in [4.78, 5) is 11.5. The van der Waals surface area contributed by atoms with Crippen molar-refractivity contribution in [3.8, 4) is 0 Å². The Hall–Kier alpha value is -1.96. The van der Waals surface area contributed by atoms with Crippen LogP contribution in [0, 0.1) is 5.41 Å². The third kappa shape index (κ3) is 2.48. The lowest BCUT2D eigenvalue weighted by molar-refractivity contribution is -0.114. The van der Waals surface area contributed by atoms with Gasteiger partial charge in [0.05, 0.1) is 5.71 Å². The topological polar surface area (TPSA) is 40.9 Å². The summed E-state index contributed by atoms with van der Waals surface area (Å²) >= 11 is 0. The van der Waals surface area contributed by atoms with Crippen molar-refractivity contribution in [1.82, 2.24) is 0 Å². The molecule has 0 saturated carbocycles. The zero-order valence-electron chi connectivity index (χ0n) is 10.8. The maximum atomic E-state index is 11.5. The van der Waals surface area contributed by atoms with E-state index in [0.717, 1.165) is 28.7 Å². The molecule has 0 bridgehead atoms. The molecule has 1 aliphatic rings. The molecule has 0 spiro atoms. The Morgan fingerprint density at radius 2 is 2.22 bits per heavy atom. The molecule has 0 unspecified atom stereocenters. The summed E-state index contributed by atoms with van der Waals surface area (Å²) in [5.41, 5.74) is 4.58. The number of allylic oxidation sites excluding steroid dienone is 4. The predicted octanol–water partition coefficient (Wildman–Crippen LogP) is 3.55. The lowest BCUT2D eigenvalue weighted by atomic mass is 9.89. The Kier molecular flexibility index (Phi) is 3.56. The molecule has 1 aromatic rings. The van der Waals surface area contributed by atoms with E-state index in [1.54, 1.807) is 6.08 Å². The van der Waals surface area contributed by atoms with Crippen LogP contribution in [0.15, 0.2) is 36.4 Å². The highest BCUT2D eigenvalue weighted by Crippen LogP contribution is 2.25.